The van der Waals surface area contributed by atoms with Gasteiger partial charge in [-0.15, -0.1) is 0 Å². The SMILES string of the molecule is Cc1ccc(-c2ccnc(NC(Cc3ccc(NC(=O)c4c(Cl)cncc4Cl)cc3)C(=O)O)n2)cc1. The number of rotatable bonds is 8. The van der Waals surface area contributed by atoms with Crippen molar-refractivity contribution in [2.24, 2.45) is 0 Å². The quantitative estimate of drug-likeness (QED) is 0.279. The predicted molar refractivity (Wildman–Crippen MR) is 140 cm³/mol. The highest BCUT2D eigenvalue weighted by Crippen LogP contribution is 2.24. The van der Waals surface area contributed by atoms with Crippen LogP contribution in [0, 0.1) is 6.92 Å². The Balaban J connectivity index is 1.44. The van der Waals surface area contributed by atoms with E-state index in [1.807, 2.05) is 31.2 Å². The Hall–Kier alpha value is -4.01. The van der Waals surface area contributed by atoms with Crippen molar-refractivity contribution in [2.75, 3.05) is 10.6 Å². The van der Waals surface area contributed by atoms with Crippen molar-refractivity contribution in [3.8, 4) is 11.3 Å². The van der Waals surface area contributed by atoms with E-state index in [9.17, 15) is 14.7 Å². The maximum Gasteiger partial charge on any atom is 0.326 e. The number of hydrogen-bond donors (Lipinski definition) is 3. The number of halogens is 2. The summed E-state index contributed by atoms with van der Waals surface area (Å²) in [7, 11) is 0. The van der Waals surface area contributed by atoms with Gasteiger partial charge in [0.05, 0.1) is 21.3 Å². The van der Waals surface area contributed by atoms with Crippen molar-refractivity contribution in [1.29, 1.82) is 0 Å². The number of pyridine rings is 1. The number of benzene rings is 2. The molecule has 182 valence electrons. The van der Waals surface area contributed by atoms with Crippen molar-refractivity contribution in [3.63, 3.8) is 0 Å². The molecule has 4 rings (SSSR count). The van der Waals surface area contributed by atoms with Crippen LogP contribution in [0.25, 0.3) is 11.3 Å². The molecule has 0 radical (unpaired) electrons. The molecule has 2 aromatic heterocycles. The topological polar surface area (TPSA) is 117 Å². The molecule has 4 aromatic rings. The molecule has 0 aliphatic rings. The summed E-state index contributed by atoms with van der Waals surface area (Å²) < 4.78 is 0. The fraction of sp³-hybridized carbons (Fsp3) is 0.115. The van der Waals surface area contributed by atoms with Crippen LogP contribution in [0.1, 0.15) is 21.5 Å². The summed E-state index contributed by atoms with van der Waals surface area (Å²) >= 11 is 12.1. The van der Waals surface area contributed by atoms with Crippen molar-refractivity contribution >= 4 is 46.7 Å². The number of amides is 1. The molecule has 0 aliphatic heterocycles. The van der Waals surface area contributed by atoms with E-state index in [1.165, 1.54) is 12.4 Å². The molecule has 8 nitrogen and oxygen atoms in total. The number of carboxylic acids is 1. The number of nitrogens with one attached hydrogen (secondary N) is 2. The van der Waals surface area contributed by atoms with Crippen LogP contribution in [0.3, 0.4) is 0 Å². The third kappa shape index (κ3) is 6.16. The summed E-state index contributed by atoms with van der Waals surface area (Å²) in [5.74, 6) is -1.30. The molecule has 10 heteroatoms. The highest BCUT2D eigenvalue weighted by atomic mass is 35.5. The van der Waals surface area contributed by atoms with Gasteiger partial charge >= 0.3 is 5.97 Å². The number of aliphatic carboxylic acids is 1. The van der Waals surface area contributed by atoms with Crippen LogP contribution < -0.4 is 10.6 Å². The van der Waals surface area contributed by atoms with E-state index in [-0.39, 0.29) is 28.0 Å². The van der Waals surface area contributed by atoms with Gasteiger partial charge in [0.25, 0.3) is 5.91 Å². The molecule has 0 saturated heterocycles. The minimum absolute atomic E-state index is 0.125. The fourth-order valence-corrected chi connectivity index (χ4v) is 3.99. The summed E-state index contributed by atoms with van der Waals surface area (Å²) in [6.07, 6.45) is 4.43. The zero-order chi connectivity index (χ0) is 25.7. The molecule has 0 aliphatic carbocycles. The third-order valence-electron chi connectivity index (χ3n) is 5.34. The molecule has 2 aromatic carbocycles. The molecule has 2 heterocycles. The minimum atomic E-state index is -1.04. The zero-order valence-electron chi connectivity index (χ0n) is 19.1. The lowest BCUT2D eigenvalue weighted by Crippen LogP contribution is -2.32. The first-order valence-electron chi connectivity index (χ1n) is 10.9. The number of anilines is 2. The van der Waals surface area contributed by atoms with Gasteiger partial charge in [-0.05, 0) is 30.7 Å². The number of carbonyl (C=O) groups excluding carboxylic acids is 1. The van der Waals surface area contributed by atoms with E-state index in [0.717, 1.165) is 16.7 Å². The van der Waals surface area contributed by atoms with Gasteiger partial charge in [0.2, 0.25) is 5.95 Å². The van der Waals surface area contributed by atoms with Gasteiger partial charge in [0, 0.05) is 36.3 Å². The Kier molecular flexibility index (Phi) is 7.77. The molecule has 36 heavy (non-hydrogen) atoms. The lowest BCUT2D eigenvalue weighted by Gasteiger charge is -2.15. The van der Waals surface area contributed by atoms with Crippen LogP contribution in [-0.4, -0.2) is 38.0 Å². The number of aromatic nitrogens is 3. The number of nitrogens with zero attached hydrogens (tertiary/aromatic N) is 3. The van der Waals surface area contributed by atoms with Gasteiger partial charge < -0.3 is 15.7 Å². The van der Waals surface area contributed by atoms with Crippen LogP contribution >= 0.6 is 23.2 Å². The Bertz CT molecular complexity index is 1380. The Morgan fingerprint density at radius 1 is 0.972 bits per heavy atom. The first-order chi connectivity index (χ1) is 17.3. The molecular weight excluding hydrogens is 501 g/mol. The van der Waals surface area contributed by atoms with Crippen LogP contribution in [0.15, 0.2) is 73.2 Å². The number of aryl methyl sites for hydroxylation is 1. The van der Waals surface area contributed by atoms with Crippen molar-refractivity contribution in [3.05, 3.63) is 99.9 Å². The van der Waals surface area contributed by atoms with Gasteiger partial charge in [-0.3, -0.25) is 9.78 Å². The van der Waals surface area contributed by atoms with E-state index < -0.39 is 17.9 Å². The maximum atomic E-state index is 12.5. The normalized spacial score (nSPS) is 11.5. The van der Waals surface area contributed by atoms with Crippen molar-refractivity contribution in [1.82, 2.24) is 15.0 Å². The van der Waals surface area contributed by atoms with E-state index in [2.05, 4.69) is 25.6 Å². The van der Waals surface area contributed by atoms with Crippen LogP contribution in [0.2, 0.25) is 10.0 Å². The van der Waals surface area contributed by atoms with Crippen molar-refractivity contribution < 1.29 is 14.7 Å². The first-order valence-corrected chi connectivity index (χ1v) is 11.6. The smallest absolute Gasteiger partial charge is 0.326 e. The molecule has 0 bridgehead atoms. The van der Waals surface area contributed by atoms with E-state index in [0.29, 0.717) is 11.4 Å². The largest absolute Gasteiger partial charge is 0.480 e. The van der Waals surface area contributed by atoms with E-state index in [4.69, 9.17) is 23.2 Å². The molecule has 0 saturated carbocycles. The van der Waals surface area contributed by atoms with Crippen LogP contribution in [0.5, 0.6) is 0 Å². The number of hydrogen-bond acceptors (Lipinski definition) is 6. The Morgan fingerprint density at radius 3 is 2.28 bits per heavy atom. The van der Waals surface area contributed by atoms with Gasteiger partial charge in [0.15, 0.2) is 0 Å². The molecule has 1 atom stereocenters. The van der Waals surface area contributed by atoms with E-state index in [1.54, 1.807) is 36.5 Å². The number of carbonyl (C=O) groups is 2. The van der Waals surface area contributed by atoms with Gasteiger partial charge in [-0.25, -0.2) is 14.8 Å². The lowest BCUT2D eigenvalue weighted by atomic mass is 10.1. The summed E-state index contributed by atoms with van der Waals surface area (Å²) in [6.45, 7) is 2.00. The van der Waals surface area contributed by atoms with Crippen molar-refractivity contribution in [2.45, 2.75) is 19.4 Å². The molecular formula is C26H21Cl2N5O3. The zero-order valence-corrected chi connectivity index (χ0v) is 20.6. The summed E-state index contributed by atoms with van der Waals surface area (Å²) in [5, 5.41) is 15.7. The lowest BCUT2D eigenvalue weighted by molar-refractivity contribution is -0.137. The summed E-state index contributed by atoms with van der Waals surface area (Å²) in [5.41, 5.74) is 4.09. The van der Waals surface area contributed by atoms with Gasteiger partial charge in [-0.1, -0.05) is 65.2 Å². The molecule has 0 spiro atoms. The monoisotopic (exact) mass is 521 g/mol. The summed E-state index contributed by atoms with van der Waals surface area (Å²) in [4.78, 5) is 37.0. The molecule has 0 fully saturated rings. The average Bonchev–Trinajstić information content (AvgIpc) is 2.85. The third-order valence-corrected chi connectivity index (χ3v) is 5.91. The Morgan fingerprint density at radius 2 is 1.64 bits per heavy atom. The molecule has 1 unspecified atom stereocenters. The maximum absolute atomic E-state index is 12.5. The number of carboxylic acid groups (broad SMARTS) is 1. The second-order valence-electron chi connectivity index (χ2n) is 8.00. The van der Waals surface area contributed by atoms with Crippen LogP contribution in [-0.2, 0) is 11.2 Å². The highest BCUT2D eigenvalue weighted by Gasteiger charge is 2.20. The molecule has 3 N–H and O–H groups in total. The first kappa shape index (κ1) is 25.1. The minimum Gasteiger partial charge on any atom is -0.480 e. The standard InChI is InChI=1S/C26H21Cl2N5O3/c1-15-2-6-17(7-3-15)21-10-11-30-26(32-21)33-22(25(35)36)12-16-4-8-18(9-5-16)31-24(34)23-19(27)13-29-14-20(23)28/h2-11,13-14,22H,12H2,1H3,(H,31,34)(H,35,36)(H,30,32,33). The Labute approximate surface area is 217 Å². The van der Waals surface area contributed by atoms with E-state index >= 15 is 0 Å². The average molecular weight is 522 g/mol. The second kappa shape index (κ2) is 11.2. The fourth-order valence-electron chi connectivity index (χ4n) is 3.45. The predicted octanol–water partition coefficient (Wildman–Crippen LogP) is 5.51. The molecule has 1 amide bonds. The van der Waals surface area contributed by atoms with Crippen LogP contribution in [0.4, 0.5) is 11.6 Å². The highest BCUT2D eigenvalue weighted by molar-refractivity contribution is 6.40. The summed E-state index contributed by atoms with van der Waals surface area (Å²) in [6, 6.07) is 15.5. The second-order valence-corrected chi connectivity index (χ2v) is 8.81. The van der Waals surface area contributed by atoms with Gasteiger partial charge in [0.1, 0.15) is 6.04 Å². The van der Waals surface area contributed by atoms with Gasteiger partial charge in [-0.2, -0.15) is 0 Å².